The fourth-order valence-corrected chi connectivity index (χ4v) is 0.715. The van der Waals surface area contributed by atoms with Crippen LogP contribution in [-0.4, -0.2) is 14.7 Å². The fraction of sp³-hybridized carbons (Fsp3) is 0. The van der Waals surface area contributed by atoms with E-state index in [4.69, 9.17) is 25.1 Å². The van der Waals surface area contributed by atoms with Crippen LogP contribution in [-0.2, 0) is 4.57 Å². The quantitative estimate of drug-likeness (QED) is 0.291. The largest absolute Gasteiger partial charge is 0.466 e. The fourth-order valence-electron chi connectivity index (χ4n) is 0.715. The number of nitrogens with two attached hydrogens (primary N) is 1. The number of hydrogen-bond acceptors (Lipinski definition) is 3. The van der Waals surface area contributed by atoms with Gasteiger partial charge < -0.3 is 20.1 Å². The second-order valence-corrected chi connectivity index (χ2v) is 3.51. The summed E-state index contributed by atoms with van der Waals surface area (Å²) in [4.78, 5) is 21.6. The molecule has 7 heteroatoms. The molecule has 6 nitrogen and oxygen atoms in total. The third-order valence-corrected chi connectivity index (χ3v) is 1.31. The lowest BCUT2D eigenvalue weighted by molar-refractivity contribution is 0.275. The molecule has 0 aliphatic heterocycles. The van der Waals surface area contributed by atoms with Gasteiger partial charge in [0.1, 0.15) is 0 Å². The minimum atomic E-state index is -4.64. The van der Waals surface area contributed by atoms with Crippen molar-refractivity contribution in [3.8, 4) is 0 Å². The molecule has 0 spiro atoms. The molecule has 0 unspecified atom stereocenters. The Kier molecular flexibility index (Phi) is 5.84. The Balaban J connectivity index is 0.000000336. The molecule has 0 aromatic heterocycles. The molecule has 84 valence electrons. The Hall–Kier alpha value is -1.17. The topological polar surface area (TPSA) is 116 Å². The SMILES string of the molecule is C=Cc1ccc(NN)cc1.O=P(O)(O)O. The summed E-state index contributed by atoms with van der Waals surface area (Å²) in [6.45, 7) is 3.63. The van der Waals surface area contributed by atoms with Crippen molar-refractivity contribution in [2.75, 3.05) is 5.43 Å². The summed E-state index contributed by atoms with van der Waals surface area (Å²) in [5.74, 6) is 5.17. The predicted molar refractivity (Wildman–Crippen MR) is 58.6 cm³/mol. The summed E-state index contributed by atoms with van der Waals surface area (Å²) in [6.07, 6.45) is 1.79. The molecule has 0 saturated carbocycles. The van der Waals surface area contributed by atoms with Crippen molar-refractivity contribution >= 4 is 19.6 Å². The molecule has 0 fully saturated rings. The van der Waals surface area contributed by atoms with Gasteiger partial charge in [0.15, 0.2) is 0 Å². The van der Waals surface area contributed by atoms with Crippen LogP contribution in [0.2, 0.25) is 0 Å². The maximum Gasteiger partial charge on any atom is 0.466 e. The van der Waals surface area contributed by atoms with Gasteiger partial charge in [-0.15, -0.1) is 0 Å². The first-order valence-corrected chi connectivity index (χ1v) is 5.40. The maximum atomic E-state index is 8.88. The first-order chi connectivity index (χ1) is 6.86. The van der Waals surface area contributed by atoms with Crippen LogP contribution in [0.3, 0.4) is 0 Å². The molecule has 0 aliphatic rings. The highest BCUT2D eigenvalue weighted by Gasteiger charge is 2.00. The maximum absolute atomic E-state index is 8.88. The van der Waals surface area contributed by atoms with E-state index in [-0.39, 0.29) is 0 Å². The van der Waals surface area contributed by atoms with Gasteiger partial charge in [-0.1, -0.05) is 24.8 Å². The van der Waals surface area contributed by atoms with Crippen molar-refractivity contribution in [1.29, 1.82) is 0 Å². The molecule has 0 aliphatic carbocycles. The number of hydrogen-bond donors (Lipinski definition) is 5. The van der Waals surface area contributed by atoms with E-state index in [1.165, 1.54) is 0 Å². The van der Waals surface area contributed by atoms with Crippen LogP contribution in [0.1, 0.15) is 5.56 Å². The Bertz CT molecular complexity index is 338. The number of anilines is 1. The average Bonchev–Trinajstić information content (AvgIpc) is 2.15. The molecule has 1 rings (SSSR count). The summed E-state index contributed by atoms with van der Waals surface area (Å²) >= 11 is 0. The Morgan fingerprint density at radius 1 is 1.27 bits per heavy atom. The molecule has 15 heavy (non-hydrogen) atoms. The summed E-state index contributed by atoms with van der Waals surface area (Å²) < 4.78 is 8.88. The molecule has 0 bridgehead atoms. The number of nitrogens with one attached hydrogen (secondary N) is 1. The number of phosphoric acid groups is 1. The van der Waals surface area contributed by atoms with Gasteiger partial charge in [-0.3, -0.25) is 5.84 Å². The van der Waals surface area contributed by atoms with Crippen LogP contribution < -0.4 is 11.3 Å². The van der Waals surface area contributed by atoms with Crippen LogP contribution in [0.25, 0.3) is 6.08 Å². The first-order valence-electron chi connectivity index (χ1n) is 3.84. The van der Waals surface area contributed by atoms with E-state index in [2.05, 4.69) is 12.0 Å². The average molecular weight is 232 g/mol. The van der Waals surface area contributed by atoms with Gasteiger partial charge in [-0.25, -0.2) is 4.57 Å². The van der Waals surface area contributed by atoms with Gasteiger partial charge in [0.25, 0.3) is 0 Å². The highest BCUT2D eigenvalue weighted by molar-refractivity contribution is 7.45. The molecule has 0 heterocycles. The molecule has 1 aromatic rings. The van der Waals surface area contributed by atoms with Gasteiger partial charge in [-0.05, 0) is 17.7 Å². The van der Waals surface area contributed by atoms with E-state index in [0.717, 1.165) is 11.3 Å². The van der Waals surface area contributed by atoms with Gasteiger partial charge in [0.05, 0.1) is 0 Å². The molecule has 6 N–H and O–H groups in total. The minimum absolute atomic E-state index is 0.908. The molecule has 0 amide bonds. The highest BCUT2D eigenvalue weighted by atomic mass is 31.2. The van der Waals surface area contributed by atoms with E-state index in [0.29, 0.717) is 0 Å². The van der Waals surface area contributed by atoms with E-state index >= 15 is 0 Å². The lowest BCUT2D eigenvalue weighted by Gasteiger charge is -1.97. The third kappa shape index (κ3) is 9.14. The van der Waals surface area contributed by atoms with Crippen molar-refractivity contribution in [1.82, 2.24) is 0 Å². The van der Waals surface area contributed by atoms with Gasteiger partial charge in [-0.2, -0.15) is 0 Å². The van der Waals surface area contributed by atoms with E-state index in [1.807, 2.05) is 24.3 Å². The van der Waals surface area contributed by atoms with Crippen LogP contribution >= 0.6 is 7.82 Å². The van der Waals surface area contributed by atoms with Crippen LogP contribution in [0, 0.1) is 0 Å². The first kappa shape index (κ1) is 13.8. The lowest BCUT2D eigenvalue weighted by Crippen LogP contribution is -2.05. The standard InChI is InChI=1S/C8H10N2.H3O4P/c1-2-7-3-5-8(10-9)6-4-7;1-5(2,3)4/h2-6,10H,1,9H2;(H3,1,2,3,4). The van der Waals surface area contributed by atoms with Crippen molar-refractivity contribution in [2.45, 2.75) is 0 Å². The molecule has 0 atom stereocenters. The summed E-state index contributed by atoms with van der Waals surface area (Å²) in [5, 5.41) is 0. The summed E-state index contributed by atoms with van der Waals surface area (Å²) in [6, 6.07) is 7.69. The minimum Gasteiger partial charge on any atom is -0.324 e. The predicted octanol–water partition coefficient (Wildman–Crippen LogP) is 0.687. The van der Waals surface area contributed by atoms with Gasteiger partial charge in [0.2, 0.25) is 0 Å². The van der Waals surface area contributed by atoms with Crippen LogP contribution in [0.15, 0.2) is 30.8 Å². The zero-order valence-corrected chi connectivity index (χ0v) is 8.76. The number of rotatable bonds is 2. The molecule has 0 radical (unpaired) electrons. The Morgan fingerprint density at radius 2 is 1.67 bits per heavy atom. The van der Waals surface area contributed by atoms with Gasteiger partial charge >= 0.3 is 7.82 Å². The molecular weight excluding hydrogens is 219 g/mol. The smallest absolute Gasteiger partial charge is 0.324 e. The highest BCUT2D eigenvalue weighted by Crippen LogP contribution is 2.25. The Labute approximate surface area is 87.3 Å². The van der Waals surface area contributed by atoms with Crippen molar-refractivity contribution < 1.29 is 19.2 Å². The van der Waals surface area contributed by atoms with Crippen molar-refractivity contribution in [2.24, 2.45) is 5.84 Å². The molecule has 1 aromatic carbocycles. The number of hydrazine groups is 1. The Morgan fingerprint density at radius 3 is 1.93 bits per heavy atom. The van der Waals surface area contributed by atoms with E-state index in [1.54, 1.807) is 6.08 Å². The normalized spacial score (nSPS) is 9.87. The molecule has 0 saturated heterocycles. The summed E-state index contributed by atoms with van der Waals surface area (Å²) in [7, 11) is -4.64. The lowest BCUT2D eigenvalue weighted by atomic mass is 10.2. The van der Waals surface area contributed by atoms with E-state index < -0.39 is 7.82 Å². The van der Waals surface area contributed by atoms with Crippen LogP contribution in [0.5, 0.6) is 0 Å². The van der Waals surface area contributed by atoms with Gasteiger partial charge in [0, 0.05) is 5.69 Å². The second-order valence-electron chi connectivity index (χ2n) is 2.48. The second kappa shape index (κ2) is 6.34. The molecular formula is C8H13N2O4P. The number of benzene rings is 1. The zero-order valence-electron chi connectivity index (χ0n) is 7.87. The van der Waals surface area contributed by atoms with Crippen molar-refractivity contribution in [3.05, 3.63) is 36.4 Å². The van der Waals surface area contributed by atoms with E-state index in [9.17, 15) is 0 Å². The monoisotopic (exact) mass is 232 g/mol. The summed E-state index contributed by atoms with van der Waals surface area (Å²) in [5.41, 5.74) is 4.55. The van der Waals surface area contributed by atoms with Crippen molar-refractivity contribution in [3.63, 3.8) is 0 Å². The number of nitrogen functional groups attached to an aromatic ring is 1. The third-order valence-electron chi connectivity index (χ3n) is 1.31. The zero-order chi connectivity index (χ0) is 11.9. The van der Waals surface area contributed by atoms with Crippen LogP contribution in [0.4, 0.5) is 5.69 Å².